The van der Waals surface area contributed by atoms with Gasteiger partial charge in [-0.3, -0.25) is 4.90 Å². The van der Waals surface area contributed by atoms with E-state index >= 15 is 0 Å². The second-order valence-electron chi connectivity index (χ2n) is 6.72. The van der Waals surface area contributed by atoms with Crippen LogP contribution in [0, 0.1) is 11.7 Å². The first-order chi connectivity index (χ1) is 9.47. The van der Waals surface area contributed by atoms with E-state index in [2.05, 4.69) is 24.1 Å². The van der Waals surface area contributed by atoms with E-state index in [0.717, 1.165) is 19.0 Å². The molecular weight excluding hydrogens is 275 g/mol. The summed E-state index contributed by atoms with van der Waals surface area (Å²) in [6.45, 7) is 6.92. The second kappa shape index (κ2) is 5.28. The van der Waals surface area contributed by atoms with Crippen molar-refractivity contribution < 1.29 is 4.39 Å². The monoisotopic (exact) mass is 296 g/mol. The maximum absolute atomic E-state index is 14.0. The zero-order chi connectivity index (χ0) is 14.3. The SMILES string of the molecule is CC1(C)CNC(C2CC2)CN1Cc1c(F)cccc1Cl. The van der Waals surface area contributed by atoms with Crippen molar-refractivity contribution >= 4 is 11.6 Å². The van der Waals surface area contributed by atoms with Crippen molar-refractivity contribution in [3.8, 4) is 0 Å². The average molecular weight is 297 g/mol. The first kappa shape index (κ1) is 14.3. The predicted octanol–water partition coefficient (Wildman–Crippen LogP) is 3.44. The largest absolute Gasteiger partial charge is 0.311 e. The lowest BCUT2D eigenvalue weighted by atomic mass is 9.95. The van der Waals surface area contributed by atoms with Crippen LogP contribution in [0.15, 0.2) is 18.2 Å². The van der Waals surface area contributed by atoms with Gasteiger partial charge in [0.2, 0.25) is 0 Å². The topological polar surface area (TPSA) is 15.3 Å². The molecule has 110 valence electrons. The molecule has 2 nitrogen and oxygen atoms in total. The molecule has 1 saturated carbocycles. The molecule has 1 saturated heterocycles. The van der Waals surface area contributed by atoms with Gasteiger partial charge < -0.3 is 5.32 Å². The summed E-state index contributed by atoms with van der Waals surface area (Å²) in [6, 6.07) is 5.48. The van der Waals surface area contributed by atoms with Gasteiger partial charge in [0.1, 0.15) is 5.82 Å². The molecule has 3 rings (SSSR count). The van der Waals surface area contributed by atoms with Crippen LogP contribution in [0.25, 0.3) is 0 Å². The summed E-state index contributed by atoms with van der Waals surface area (Å²) in [4.78, 5) is 2.37. The van der Waals surface area contributed by atoms with Gasteiger partial charge in [-0.2, -0.15) is 0 Å². The van der Waals surface area contributed by atoms with Gasteiger partial charge in [-0.1, -0.05) is 17.7 Å². The summed E-state index contributed by atoms with van der Waals surface area (Å²) in [5.74, 6) is 0.611. The first-order valence-corrected chi connectivity index (χ1v) is 7.76. The highest BCUT2D eigenvalue weighted by molar-refractivity contribution is 6.31. The summed E-state index contributed by atoms with van der Waals surface area (Å²) in [5.41, 5.74) is 0.649. The number of piperazine rings is 1. The van der Waals surface area contributed by atoms with Crippen LogP contribution < -0.4 is 5.32 Å². The van der Waals surface area contributed by atoms with E-state index in [1.807, 2.05) is 0 Å². The fourth-order valence-electron chi connectivity index (χ4n) is 3.01. The fraction of sp³-hybridized carbons (Fsp3) is 0.625. The molecule has 2 aliphatic rings. The number of halogens is 2. The van der Waals surface area contributed by atoms with Crippen molar-refractivity contribution in [2.45, 2.75) is 44.8 Å². The number of rotatable bonds is 3. The first-order valence-electron chi connectivity index (χ1n) is 7.39. The van der Waals surface area contributed by atoms with Crippen LogP contribution in [-0.2, 0) is 6.54 Å². The molecule has 0 aromatic heterocycles. The number of nitrogens with one attached hydrogen (secondary N) is 1. The number of hydrogen-bond donors (Lipinski definition) is 1. The number of nitrogens with zero attached hydrogens (tertiary/aromatic N) is 1. The summed E-state index contributed by atoms with van der Waals surface area (Å²) in [5, 5.41) is 4.18. The van der Waals surface area contributed by atoms with Crippen LogP contribution in [0.2, 0.25) is 5.02 Å². The van der Waals surface area contributed by atoms with Crippen molar-refractivity contribution in [1.29, 1.82) is 0 Å². The molecule has 1 atom stereocenters. The average Bonchev–Trinajstić information content (AvgIpc) is 3.20. The summed E-state index contributed by atoms with van der Waals surface area (Å²) >= 11 is 6.17. The maximum Gasteiger partial charge on any atom is 0.129 e. The highest BCUT2D eigenvalue weighted by Gasteiger charge is 2.40. The molecule has 0 amide bonds. The molecule has 0 bridgehead atoms. The molecule has 1 aliphatic heterocycles. The van der Waals surface area contributed by atoms with Gasteiger partial charge in [0.15, 0.2) is 0 Å². The number of hydrogen-bond acceptors (Lipinski definition) is 2. The normalized spacial score (nSPS) is 26.7. The molecule has 4 heteroatoms. The van der Waals surface area contributed by atoms with Crippen molar-refractivity contribution in [2.75, 3.05) is 13.1 Å². The Labute approximate surface area is 125 Å². The summed E-state index contributed by atoms with van der Waals surface area (Å²) < 4.78 is 14.0. The minimum Gasteiger partial charge on any atom is -0.311 e. The van der Waals surface area contributed by atoms with E-state index in [0.29, 0.717) is 23.2 Å². The Morgan fingerprint density at radius 3 is 2.80 bits per heavy atom. The molecule has 1 N–H and O–H groups in total. The Morgan fingerprint density at radius 1 is 1.40 bits per heavy atom. The van der Waals surface area contributed by atoms with Crippen LogP contribution in [0.5, 0.6) is 0 Å². The highest BCUT2D eigenvalue weighted by atomic mass is 35.5. The molecule has 1 aromatic rings. The van der Waals surface area contributed by atoms with E-state index in [1.165, 1.54) is 18.9 Å². The number of benzene rings is 1. The lowest BCUT2D eigenvalue weighted by Crippen LogP contribution is -2.62. The highest BCUT2D eigenvalue weighted by Crippen LogP contribution is 2.36. The van der Waals surface area contributed by atoms with Gasteiger partial charge in [-0.15, -0.1) is 0 Å². The molecule has 0 spiro atoms. The van der Waals surface area contributed by atoms with Crippen molar-refractivity contribution in [3.63, 3.8) is 0 Å². The minimum absolute atomic E-state index is 0.0248. The van der Waals surface area contributed by atoms with Crippen molar-refractivity contribution in [1.82, 2.24) is 10.2 Å². The molecule has 1 heterocycles. The van der Waals surface area contributed by atoms with Crippen LogP contribution in [0.4, 0.5) is 4.39 Å². The maximum atomic E-state index is 14.0. The Hall–Kier alpha value is -0.640. The van der Waals surface area contributed by atoms with Gasteiger partial charge in [0.25, 0.3) is 0 Å². The Kier molecular flexibility index (Phi) is 3.78. The molecule has 20 heavy (non-hydrogen) atoms. The fourth-order valence-corrected chi connectivity index (χ4v) is 3.23. The van der Waals surface area contributed by atoms with Crippen molar-refractivity contribution in [2.24, 2.45) is 5.92 Å². The molecular formula is C16H22ClFN2. The zero-order valence-corrected chi connectivity index (χ0v) is 12.9. The third kappa shape index (κ3) is 2.85. The van der Waals surface area contributed by atoms with E-state index in [4.69, 9.17) is 11.6 Å². The van der Waals surface area contributed by atoms with E-state index in [9.17, 15) is 4.39 Å². The Bertz CT molecular complexity index is 479. The lowest BCUT2D eigenvalue weighted by Gasteiger charge is -2.46. The summed E-state index contributed by atoms with van der Waals surface area (Å²) in [6.07, 6.45) is 2.65. The standard InChI is InChI=1S/C16H22ClFN2/c1-16(2)10-19-15(11-6-7-11)9-20(16)8-12-13(17)4-3-5-14(12)18/h3-5,11,15,19H,6-10H2,1-2H3. The molecule has 1 aliphatic carbocycles. The smallest absolute Gasteiger partial charge is 0.129 e. The van der Waals surface area contributed by atoms with Crippen LogP contribution in [-0.4, -0.2) is 29.6 Å². The van der Waals surface area contributed by atoms with Gasteiger partial charge in [-0.05, 0) is 44.7 Å². The molecule has 0 radical (unpaired) electrons. The van der Waals surface area contributed by atoms with Gasteiger partial charge in [0.05, 0.1) is 0 Å². The summed E-state index contributed by atoms with van der Waals surface area (Å²) in [7, 11) is 0. The predicted molar refractivity (Wildman–Crippen MR) is 80.4 cm³/mol. The van der Waals surface area contributed by atoms with E-state index in [-0.39, 0.29) is 11.4 Å². The van der Waals surface area contributed by atoms with Crippen molar-refractivity contribution in [3.05, 3.63) is 34.6 Å². The molecule has 1 aromatic carbocycles. The zero-order valence-electron chi connectivity index (χ0n) is 12.1. The molecule has 2 fully saturated rings. The Morgan fingerprint density at radius 2 is 2.15 bits per heavy atom. The second-order valence-corrected chi connectivity index (χ2v) is 7.13. The third-order valence-corrected chi connectivity index (χ3v) is 5.03. The molecule has 1 unspecified atom stereocenters. The Balaban J connectivity index is 1.79. The van der Waals surface area contributed by atoms with Gasteiger partial charge in [-0.25, -0.2) is 4.39 Å². The van der Waals surface area contributed by atoms with E-state index in [1.54, 1.807) is 12.1 Å². The van der Waals surface area contributed by atoms with Crippen LogP contribution >= 0.6 is 11.6 Å². The van der Waals surface area contributed by atoms with E-state index < -0.39 is 0 Å². The quantitative estimate of drug-likeness (QED) is 0.919. The third-order valence-electron chi connectivity index (χ3n) is 4.67. The van der Waals surface area contributed by atoms with Gasteiger partial charge in [0, 0.05) is 41.8 Å². The van der Waals surface area contributed by atoms with Crippen LogP contribution in [0.3, 0.4) is 0 Å². The van der Waals surface area contributed by atoms with Gasteiger partial charge >= 0.3 is 0 Å². The van der Waals surface area contributed by atoms with Crippen LogP contribution in [0.1, 0.15) is 32.3 Å². The minimum atomic E-state index is -0.199. The lowest BCUT2D eigenvalue weighted by molar-refractivity contribution is 0.0525.